The van der Waals surface area contributed by atoms with Crippen LogP contribution in [0.3, 0.4) is 0 Å². The maximum absolute atomic E-state index is 14.1. The fourth-order valence-corrected chi connectivity index (χ4v) is 6.82. The summed E-state index contributed by atoms with van der Waals surface area (Å²) in [4.78, 5) is 28.9. The van der Waals surface area contributed by atoms with Gasteiger partial charge >= 0.3 is 0 Å². The van der Waals surface area contributed by atoms with Crippen LogP contribution in [-0.2, 0) is 26.2 Å². The first-order valence-corrected chi connectivity index (χ1v) is 15.9. The summed E-state index contributed by atoms with van der Waals surface area (Å²) in [6.07, 6.45) is 5.07. The number of aryl methyl sites for hydroxylation is 1. The number of rotatable bonds is 10. The lowest BCUT2D eigenvalue weighted by Gasteiger charge is -2.33. The molecule has 7 nitrogen and oxygen atoms in total. The Morgan fingerprint density at radius 1 is 0.951 bits per heavy atom. The maximum Gasteiger partial charge on any atom is 0.264 e. The molecule has 3 aromatic rings. The number of halogens is 2. The Kier molecular flexibility index (Phi) is 10.3. The zero-order chi connectivity index (χ0) is 29.6. The molecule has 1 N–H and O–H groups in total. The van der Waals surface area contributed by atoms with Gasteiger partial charge in [0.1, 0.15) is 12.6 Å². The van der Waals surface area contributed by atoms with Gasteiger partial charge < -0.3 is 10.2 Å². The Morgan fingerprint density at radius 3 is 2.27 bits per heavy atom. The van der Waals surface area contributed by atoms with E-state index in [-0.39, 0.29) is 39.1 Å². The second-order valence-electron chi connectivity index (χ2n) is 10.4. The molecule has 1 fully saturated rings. The molecule has 0 saturated heterocycles. The fraction of sp³-hybridized carbons (Fsp3) is 0.355. The van der Waals surface area contributed by atoms with Crippen LogP contribution in [0.4, 0.5) is 5.69 Å². The van der Waals surface area contributed by atoms with Crippen molar-refractivity contribution in [1.82, 2.24) is 10.2 Å². The quantitative estimate of drug-likeness (QED) is 0.287. The smallest absolute Gasteiger partial charge is 0.264 e. The molecule has 0 spiro atoms. The van der Waals surface area contributed by atoms with Crippen molar-refractivity contribution in [2.24, 2.45) is 0 Å². The van der Waals surface area contributed by atoms with Crippen molar-refractivity contribution in [3.8, 4) is 0 Å². The van der Waals surface area contributed by atoms with Gasteiger partial charge in [0.15, 0.2) is 0 Å². The number of hydrogen-bond acceptors (Lipinski definition) is 4. The van der Waals surface area contributed by atoms with Crippen molar-refractivity contribution in [2.45, 2.75) is 69.5 Å². The normalized spacial score (nSPS) is 14.7. The molecule has 2 amide bonds. The molecule has 0 unspecified atom stereocenters. The van der Waals surface area contributed by atoms with Crippen LogP contribution in [0.25, 0.3) is 0 Å². The van der Waals surface area contributed by atoms with E-state index >= 15 is 0 Å². The number of hydrogen-bond donors (Lipinski definition) is 1. The zero-order valence-electron chi connectivity index (χ0n) is 23.2. The Hall–Kier alpha value is -3.07. The van der Waals surface area contributed by atoms with Gasteiger partial charge in [-0.05, 0) is 62.6 Å². The van der Waals surface area contributed by atoms with Crippen molar-refractivity contribution >= 4 is 50.7 Å². The second-order valence-corrected chi connectivity index (χ2v) is 13.2. The van der Waals surface area contributed by atoms with E-state index in [1.807, 2.05) is 37.3 Å². The predicted molar refractivity (Wildman–Crippen MR) is 164 cm³/mol. The van der Waals surface area contributed by atoms with Crippen molar-refractivity contribution in [2.75, 3.05) is 10.8 Å². The number of anilines is 1. The van der Waals surface area contributed by atoms with Gasteiger partial charge in [-0.15, -0.1) is 0 Å². The lowest BCUT2D eigenvalue weighted by molar-refractivity contribution is -0.139. The van der Waals surface area contributed by atoms with Crippen LogP contribution in [0.1, 0.15) is 50.2 Å². The minimum atomic E-state index is -4.24. The molecule has 0 bridgehead atoms. The van der Waals surface area contributed by atoms with E-state index in [9.17, 15) is 18.0 Å². The van der Waals surface area contributed by atoms with Crippen molar-refractivity contribution in [3.05, 3.63) is 94.0 Å². The maximum atomic E-state index is 14.1. The Labute approximate surface area is 252 Å². The molecule has 1 aliphatic rings. The van der Waals surface area contributed by atoms with Gasteiger partial charge in [0.05, 0.1) is 15.6 Å². The van der Waals surface area contributed by atoms with Gasteiger partial charge in [0, 0.05) is 17.6 Å². The monoisotopic (exact) mass is 615 g/mol. The van der Waals surface area contributed by atoms with Crippen LogP contribution in [0.15, 0.2) is 77.7 Å². The number of amides is 2. The minimum Gasteiger partial charge on any atom is -0.352 e. The summed E-state index contributed by atoms with van der Waals surface area (Å²) in [5, 5.41) is 3.49. The zero-order valence-corrected chi connectivity index (χ0v) is 25.6. The van der Waals surface area contributed by atoms with E-state index < -0.39 is 28.5 Å². The summed E-state index contributed by atoms with van der Waals surface area (Å²) in [5.41, 5.74) is 1.78. The molecule has 3 aromatic carbocycles. The molecule has 4 rings (SSSR count). The lowest BCUT2D eigenvalue weighted by Crippen LogP contribution is -2.53. The van der Waals surface area contributed by atoms with E-state index in [0.717, 1.165) is 47.5 Å². The van der Waals surface area contributed by atoms with Crippen molar-refractivity contribution in [3.63, 3.8) is 0 Å². The molecule has 0 heterocycles. The van der Waals surface area contributed by atoms with E-state index in [4.69, 9.17) is 23.2 Å². The fourth-order valence-electron chi connectivity index (χ4n) is 4.96. The number of carbonyl (C=O) groups excluding carboxylic acids is 2. The van der Waals surface area contributed by atoms with E-state index in [1.165, 1.54) is 29.2 Å². The third-order valence-electron chi connectivity index (χ3n) is 7.38. The summed E-state index contributed by atoms with van der Waals surface area (Å²) in [6.45, 7) is 3.07. The first-order valence-electron chi connectivity index (χ1n) is 13.7. The first kappa shape index (κ1) is 30.9. The van der Waals surface area contributed by atoms with E-state index in [0.29, 0.717) is 0 Å². The molecule has 0 radical (unpaired) electrons. The van der Waals surface area contributed by atoms with E-state index in [2.05, 4.69) is 5.32 Å². The number of sulfonamides is 1. The predicted octanol–water partition coefficient (Wildman–Crippen LogP) is 6.36. The molecule has 0 aromatic heterocycles. The molecule has 1 aliphatic carbocycles. The number of carbonyl (C=O) groups is 2. The van der Waals surface area contributed by atoms with Crippen LogP contribution in [-0.4, -0.2) is 43.8 Å². The standard InChI is InChI=1S/C31H35Cl2N3O4S/c1-22-13-16-27(17-14-22)41(39,40)36(29-19-25(32)15-18-28(29)33)21-30(37)35(20-24-9-5-3-6-10-24)23(2)31(38)34-26-11-7-4-8-12-26/h3,5-6,9-10,13-19,23,26H,4,7-8,11-12,20-21H2,1-2H3,(H,34,38)/t23-/m1/s1. The molecule has 41 heavy (non-hydrogen) atoms. The lowest BCUT2D eigenvalue weighted by atomic mass is 9.95. The van der Waals surface area contributed by atoms with E-state index in [1.54, 1.807) is 25.1 Å². The summed E-state index contributed by atoms with van der Waals surface area (Å²) in [7, 11) is -4.24. The Bertz CT molecular complexity index is 1460. The van der Waals surface area contributed by atoms with Gasteiger partial charge in [-0.25, -0.2) is 8.42 Å². The average molecular weight is 617 g/mol. The number of nitrogens with one attached hydrogen (secondary N) is 1. The highest BCUT2D eigenvalue weighted by molar-refractivity contribution is 7.92. The van der Waals surface area contributed by atoms with Crippen molar-refractivity contribution < 1.29 is 18.0 Å². The topological polar surface area (TPSA) is 86.8 Å². The number of nitrogens with zero attached hydrogens (tertiary/aromatic N) is 2. The average Bonchev–Trinajstić information content (AvgIpc) is 2.96. The van der Waals surface area contributed by atoms with Crippen molar-refractivity contribution in [1.29, 1.82) is 0 Å². The molecular weight excluding hydrogens is 581 g/mol. The molecular formula is C31H35Cl2N3O4S. The molecule has 10 heteroatoms. The summed E-state index contributed by atoms with van der Waals surface area (Å²) in [5.74, 6) is -0.818. The Morgan fingerprint density at radius 2 is 1.61 bits per heavy atom. The van der Waals surface area contributed by atoms with Gasteiger partial charge in [0.25, 0.3) is 10.0 Å². The van der Waals surface area contributed by atoms with Crippen LogP contribution in [0, 0.1) is 6.92 Å². The largest absolute Gasteiger partial charge is 0.352 e. The molecule has 1 saturated carbocycles. The molecule has 218 valence electrons. The van der Waals surface area contributed by atoms with Crippen LogP contribution in [0.5, 0.6) is 0 Å². The SMILES string of the molecule is Cc1ccc(S(=O)(=O)N(CC(=O)N(Cc2ccccc2)[C@H](C)C(=O)NC2CCCCC2)c2cc(Cl)ccc2Cl)cc1. The van der Waals surface area contributed by atoms with Gasteiger partial charge in [-0.3, -0.25) is 13.9 Å². The second kappa shape index (κ2) is 13.7. The van der Waals surface area contributed by atoms with Crippen LogP contribution >= 0.6 is 23.2 Å². The Balaban J connectivity index is 1.69. The third kappa shape index (κ3) is 7.82. The van der Waals surface area contributed by atoms with Gasteiger partial charge in [0.2, 0.25) is 11.8 Å². The number of benzene rings is 3. The van der Waals surface area contributed by atoms with Gasteiger partial charge in [-0.1, -0.05) is 90.5 Å². The van der Waals surface area contributed by atoms with Crippen LogP contribution in [0.2, 0.25) is 10.0 Å². The first-order chi connectivity index (χ1) is 19.6. The molecule has 1 atom stereocenters. The molecule has 0 aliphatic heterocycles. The summed E-state index contributed by atoms with van der Waals surface area (Å²) >= 11 is 12.7. The van der Waals surface area contributed by atoms with Gasteiger partial charge in [-0.2, -0.15) is 0 Å². The summed E-state index contributed by atoms with van der Waals surface area (Å²) in [6, 6.07) is 19.3. The van der Waals surface area contributed by atoms with Crippen LogP contribution < -0.4 is 9.62 Å². The highest BCUT2D eigenvalue weighted by atomic mass is 35.5. The minimum absolute atomic E-state index is 0.00430. The highest BCUT2D eigenvalue weighted by Crippen LogP contribution is 2.33. The summed E-state index contributed by atoms with van der Waals surface area (Å²) < 4.78 is 28.9. The highest BCUT2D eigenvalue weighted by Gasteiger charge is 2.34. The third-order valence-corrected chi connectivity index (χ3v) is 9.71.